The van der Waals surface area contributed by atoms with E-state index in [0.717, 1.165) is 0 Å². The predicted octanol–water partition coefficient (Wildman–Crippen LogP) is 2.68. The van der Waals surface area contributed by atoms with Crippen molar-refractivity contribution >= 4 is 0 Å². The van der Waals surface area contributed by atoms with E-state index in [9.17, 15) is 0 Å². The Labute approximate surface area is 95.2 Å². The molecule has 0 radical (unpaired) electrons. The van der Waals surface area contributed by atoms with Gasteiger partial charge >= 0.3 is 0 Å². The molecule has 0 bridgehead atoms. The van der Waals surface area contributed by atoms with E-state index in [1.807, 2.05) is 0 Å². The van der Waals surface area contributed by atoms with Gasteiger partial charge in [0.25, 0.3) is 0 Å². The van der Waals surface area contributed by atoms with E-state index in [4.69, 9.17) is 0 Å². The molecule has 0 saturated heterocycles. The largest absolute Gasteiger partial charge is 0.310 e. The second kappa shape index (κ2) is 6.49. The van der Waals surface area contributed by atoms with E-state index in [1.54, 1.807) is 0 Å². The molecule has 0 heterocycles. The van der Waals surface area contributed by atoms with Gasteiger partial charge in [0, 0.05) is 24.2 Å². The molecule has 2 unspecified atom stereocenters. The van der Waals surface area contributed by atoms with E-state index >= 15 is 0 Å². The topological polar surface area (TPSA) is 24.1 Å². The zero-order valence-corrected chi connectivity index (χ0v) is 10.8. The fourth-order valence-corrected chi connectivity index (χ4v) is 2.56. The lowest BCUT2D eigenvalue weighted by Gasteiger charge is -2.30. The van der Waals surface area contributed by atoms with E-state index in [0.29, 0.717) is 24.2 Å². The maximum Gasteiger partial charge on any atom is 0.0223 e. The highest BCUT2D eigenvalue weighted by Crippen LogP contribution is 2.19. The fraction of sp³-hybridized carbons (Fsp3) is 1.00. The van der Waals surface area contributed by atoms with Crippen molar-refractivity contribution in [2.75, 3.05) is 0 Å². The smallest absolute Gasteiger partial charge is 0.0223 e. The molecule has 0 aromatic rings. The van der Waals surface area contributed by atoms with Crippen molar-refractivity contribution in [2.45, 2.75) is 84.0 Å². The van der Waals surface area contributed by atoms with Gasteiger partial charge in [0.05, 0.1) is 0 Å². The second-order valence-electron chi connectivity index (χ2n) is 5.49. The maximum absolute atomic E-state index is 3.71. The first-order valence-electron chi connectivity index (χ1n) is 6.61. The molecule has 15 heavy (non-hydrogen) atoms. The summed E-state index contributed by atoms with van der Waals surface area (Å²) in [4.78, 5) is 0. The molecule has 0 spiro atoms. The van der Waals surface area contributed by atoms with Crippen molar-refractivity contribution in [2.24, 2.45) is 0 Å². The van der Waals surface area contributed by atoms with Crippen LogP contribution in [0.25, 0.3) is 0 Å². The van der Waals surface area contributed by atoms with Crippen LogP contribution in [0.5, 0.6) is 0 Å². The van der Waals surface area contributed by atoms with Crippen molar-refractivity contribution in [1.29, 1.82) is 0 Å². The average Bonchev–Trinajstić information content (AvgIpc) is 2.30. The van der Waals surface area contributed by atoms with Crippen LogP contribution in [0.1, 0.15) is 59.8 Å². The predicted molar refractivity (Wildman–Crippen MR) is 67.2 cm³/mol. The molecule has 1 aliphatic carbocycles. The number of hydrogen-bond donors (Lipinski definition) is 2. The molecular formula is C13H28N2. The van der Waals surface area contributed by atoms with Crippen molar-refractivity contribution < 1.29 is 0 Å². The minimum absolute atomic E-state index is 0.601. The Kier molecular flexibility index (Phi) is 5.62. The fourth-order valence-electron chi connectivity index (χ4n) is 2.56. The Hall–Kier alpha value is -0.0800. The van der Waals surface area contributed by atoms with E-state index in [-0.39, 0.29) is 0 Å². The third-order valence-electron chi connectivity index (χ3n) is 3.11. The maximum atomic E-state index is 3.71. The highest BCUT2D eigenvalue weighted by atomic mass is 15.0. The first-order valence-corrected chi connectivity index (χ1v) is 6.61. The van der Waals surface area contributed by atoms with Gasteiger partial charge in [-0.1, -0.05) is 47.0 Å². The zero-order chi connectivity index (χ0) is 11.3. The summed E-state index contributed by atoms with van der Waals surface area (Å²) in [5.74, 6) is 0. The second-order valence-corrected chi connectivity index (χ2v) is 5.49. The SMILES string of the molecule is CC(C)NC1CCCCCC1NC(C)C. The highest BCUT2D eigenvalue weighted by Gasteiger charge is 2.23. The lowest BCUT2D eigenvalue weighted by molar-refractivity contribution is 0.316. The summed E-state index contributed by atoms with van der Waals surface area (Å²) in [6, 6.07) is 2.55. The summed E-state index contributed by atoms with van der Waals surface area (Å²) in [6.45, 7) is 8.99. The summed E-state index contributed by atoms with van der Waals surface area (Å²) in [7, 11) is 0. The van der Waals surface area contributed by atoms with Crippen LogP contribution in [0.4, 0.5) is 0 Å². The van der Waals surface area contributed by atoms with Gasteiger partial charge in [0.15, 0.2) is 0 Å². The van der Waals surface area contributed by atoms with Crippen LogP contribution in [0.2, 0.25) is 0 Å². The van der Waals surface area contributed by atoms with E-state index in [2.05, 4.69) is 38.3 Å². The molecule has 1 aliphatic rings. The van der Waals surface area contributed by atoms with Crippen LogP contribution in [-0.2, 0) is 0 Å². The Balaban J connectivity index is 2.50. The first kappa shape index (κ1) is 13.0. The van der Waals surface area contributed by atoms with Gasteiger partial charge in [-0.05, 0) is 12.8 Å². The average molecular weight is 212 g/mol. The molecule has 0 aliphatic heterocycles. The van der Waals surface area contributed by atoms with Crippen molar-refractivity contribution in [3.8, 4) is 0 Å². The lowest BCUT2D eigenvalue weighted by Crippen LogP contribution is -2.51. The van der Waals surface area contributed by atoms with Gasteiger partial charge in [-0.3, -0.25) is 0 Å². The van der Waals surface area contributed by atoms with Crippen LogP contribution in [0, 0.1) is 0 Å². The third-order valence-corrected chi connectivity index (χ3v) is 3.11. The Bertz CT molecular complexity index is 148. The van der Waals surface area contributed by atoms with Crippen LogP contribution in [0.3, 0.4) is 0 Å². The van der Waals surface area contributed by atoms with Crippen molar-refractivity contribution in [3.05, 3.63) is 0 Å². The van der Waals surface area contributed by atoms with Gasteiger partial charge in [-0.2, -0.15) is 0 Å². The molecule has 1 fully saturated rings. The Morgan fingerprint density at radius 1 is 0.733 bits per heavy atom. The normalized spacial score (nSPS) is 28.4. The molecule has 2 nitrogen and oxygen atoms in total. The molecule has 1 saturated carbocycles. The number of hydrogen-bond acceptors (Lipinski definition) is 2. The number of nitrogens with one attached hydrogen (secondary N) is 2. The monoisotopic (exact) mass is 212 g/mol. The quantitative estimate of drug-likeness (QED) is 0.700. The van der Waals surface area contributed by atoms with Crippen LogP contribution in [0.15, 0.2) is 0 Å². The lowest BCUT2D eigenvalue weighted by atomic mass is 10.0. The van der Waals surface area contributed by atoms with Gasteiger partial charge in [-0.15, -0.1) is 0 Å². The summed E-state index contributed by atoms with van der Waals surface area (Å²) in [6.07, 6.45) is 6.86. The molecule has 2 heteroatoms. The molecule has 2 N–H and O–H groups in total. The molecule has 2 atom stereocenters. The van der Waals surface area contributed by atoms with E-state index < -0.39 is 0 Å². The Morgan fingerprint density at radius 3 is 1.47 bits per heavy atom. The minimum Gasteiger partial charge on any atom is -0.310 e. The molecule has 1 rings (SSSR count). The van der Waals surface area contributed by atoms with Crippen LogP contribution >= 0.6 is 0 Å². The standard InChI is InChI=1S/C13H28N2/c1-10(2)14-12-8-6-5-7-9-13(12)15-11(3)4/h10-15H,5-9H2,1-4H3. The summed E-state index contributed by atoms with van der Waals surface area (Å²) < 4.78 is 0. The molecule has 90 valence electrons. The van der Waals surface area contributed by atoms with Gasteiger partial charge < -0.3 is 10.6 Å². The zero-order valence-electron chi connectivity index (χ0n) is 10.8. The van der Waals surface area contributed by atoms with E-state index in [1.165, 1.54) is 32.1 Å². The minimum atomic E-state index is 0.601. The van der Waals surface area contributed by atoms with Gasteiger partial charge in [0.1, 0.15) is 0 Å². The van der Waals surface area contributed by atoms with Crippen LogP contribution < -0.4 is 10.6 Å². The molecule has 0 aromatic heterocycles. The van der Waals surface area contributed by atoms with Crippen molar-refractivity contribution in [1.82, 2.24) is 10.6 Å². The summed E-state index contributed by atoms with van der Waals surface area (Å²) in [5, 5.41) is 7.43. The molecular weight excluding hydrogens is 184 g/mol. The summed E-state index contributed by atoms with van der Waals surface area (Å²) in [5.41, 5.74) is 0. The van der Waals surface area contributed by atoms with Crippen LogP contribution in [-0.4, -0.2) is 24.2 Å². The van der Waals surface area contributed by atoms with Gasteiger partial charge in [-0.25, -0.2) is 0 Å². The molecule has 0 aromatic carbocycles. The highest BCUT2D eigenvalue weighted by molar-refractivity contribution is 4.86. The first-order chi connectivity index (χ1) is 7.09. The Morgan fingerprint density at radius 2 is 1.13 bits per heavy atom. The number of rotatable bonds is 4. The summed E-state index contributed by atoms with van der Waals surface area (Å²) >= 11 is 0. The van der Waals surface area contributed by atoms with Crippen molar-refractivity contribution in [3.63, 3.8) is 0 Å². The third kappa shape index (κ3) is 4.98. The molecule has 0 amide bonds. The van der Waals surface area contributed by atoms with Gasteiger partial charge in [0.2, 0.25) is 0 Å².